The number of benzene rings is 2. The third-order valence-corrected chi connectivity index (χ3v) is 4.85. The van der Waals surface area contributed by atoms with E-state index >= 15 is 0 Å². The highest BCUT2D eigenvalue weighted by atomic mass is 35.5. The van der Waals surface area contributed by atoms with Crippen molar-refractivity contribution < 1.29 is 4.79 Å². The highest BCUT2D eigenvalue weighted by Gasteiger charge is 2.10. The molecule has 106 valence electrons. The van der Waals surface area contributed by atoms with Crippen LogP contribution in [-0.2, 0) is 17.6 Å². The quantitative estimate of drug-likeness (QED) is 0.674. The number of carbonyl (C=O) groups is 1. The minimum atomic E-state index is 0.118. The first-order valence-corrected chi connectivity index (χ1v) is 7.99. The van der Waals surface area contributed by atoms with Crippen LogP contribution >= 0.6 is 34.5 Å². The maximum Gasteiger partial charge on any atom is 0.144 e. The van der Waals surface area contributed by atoms with Crippen LogP contribution in [0.1, 0.15) is 10.6 Å². The molecular weight excluding hydrogens is 325 g/mol. The number of hydrogen-bond donors (Lipinski definition) is 0. The van der Waals surface area contributed by atoms with Gasteiger partial charge in [-0.25, -0.2) is 4.98 Å². The molecule has 0 fully saturated rings. The maximum absolute atomic E-state index is 12.1. The molecule has 1 heterocycles. The molecule has 0 aliphatic rings. The molecule has 0 unspecified atom stereocenters. The topological polar surface area (TPSA) is 30.0 Å². The van der Waals surface area contributed by atoms with Crippen molar-refractivity contribution in [2.75, 3.05) is 0 Å². The van der Waals surface area contributed by atoms with Crippen LogP contribution < -0.4 is 0 Å². The number of carbonyl (C=O) groups excluding carboxylic acids is 1. The molecule has 5 heteroatoms. The molecule has 2 nitrogen and oxygen atoms in total. The number of para-hydroxylation sites is 1. The monoisotopic (exact) mass is 335 g/mol. The number of thiazole rings is 1. The minimum absolute atomic E-state index is 0.118. The standard InChI is InChI=1S/C16H11Cl2NOS/c17-12-6-5-10(8-13(12)18)7-11(20)9-16-19-14-3-1-2-4-15(14)21-16/h1-6,8H,7,9H2. The molecule has 3 aromatic rings. The summed E-state index contributed by atoms with van der Waals surface area (Å²) in [5, 5.41) is 1.82. The Hall–Kier alpha value is -1.42. The van der Waals surface area contributed by atoms with Crippen molar-refractivity contribution in [1.82, 2.24) is 4.98 Å². The van der Waals surface area contributed by atoms with Gasteiger partial charge in [0.25, 0.3) is 0 Å². The van der Waals surface area contributed by atoms with Gasteiger partial charge in [-0.15, -0.1) is 11.3 Å². The highest BCUT2D eigenvalue weighted by Crippen LogP contribution is 2.24. The minimum Gasteiger partial charge on any atom is -0.299 e. The Bertz CT molecular complexity index is 780. The van der Waals surface area contributed by atoms with E-state index in [2.05, 4.69) is 4.98 Å². The Labute approximate surface area is 136 Å². The fourth-order valence-electron chi connectivity index (χ4n) is 2.10. The lowest BCUT2D eigenvalue weighted by Gasteiger charge is -2.02. The van der Waals surface area contributed by atoms with E-state index < -0.39 is 0 Å². The molecule has 0 saturated heterocycles. The normalized spacial score (nSPS) is 11.0. The second-order valence-electron chi connectivity index (χ2n) is 4.72. The molecule has 0 atom stereocenters. The van der Waals surface area contributed by atoms with Crippen molar-refractivity contribution in [2.45, 2.75) is 12.8 Å². The largest absolute Gasteiger partial charge is 0.299 e. The van der Waals surface area contributed by atoms with Crippen LogP contribution in [0.3, 0.4) is 0 Å². The molecule has 0 bridgehead atoms. The zero-order valence-corrected chi connectivity index (χ0v) is 13.3. The van der Waals surface area contributed by atoms with Gasteiger partial charge in [-0.05, 0) is 29.8 Å². The van der Waals surface area contributed by atoms with Gasteiger partial charge in [-0.2, -0.15) is 0 Å². The first kappa shape index (κ1) is 14.5. The number of Topliss-reactive ketones (excluding diaryl/α,β-unsaturated/α-hetero) is 1. The summed E-state index contributed by atoms with van der Waals surface area (Å²) in [6.07, 6.45) is 0.687. The number of fused-ring (bicyclic) bond motifs is 1. The SMILES string of the molecule is O=C(Cc1ccc(Cl)c(Cl)c1)Cc1nc2ccccc2s1. The van der Waals surface area contributed by atoms with Crippen LogP contribution in [0.25, 0.3) is 10.2 Å². The molecule has 0 saturated carbocycles. The van der Waals surface area contributed by atoms with Gasteiger partial charge in [0.1, 0.15) is 10.8 Å². The summed E-state index contributed by atoms with van der Waals surface area (Å²) in [5.41, 5.74) is 1.82. The van der Waals surface area contributed by atoms with Gasteiger partial charge >= 0.3 is 0 Å². The molecule has 0 radical (unpaired) electrons. The van der Waals surface area contributed by atoms with Gasteiger partial charge in [-0.3, -0.25) is 4.79 Å². The van der Waals surface area contributed by atoms with E-state index in [0.717, 1.165) is 20.8 Å². The number of hydrogen-bond acceptors (Lipinski definition) is 3. The van der Waals surface area contributed by atoms with Gasteiger partial charge in [0.15, 0.2) is 0 Å². The summed E-state index contributed by atoms with van der Waals surface area (Å²) >= 11 is 13.4. The number of aromatic nitrogens is 1. The van der Waals surface area contributed by atoms with Crippen molar-refractivity contribution in [3.8, 4) is 0 Å². The lowest BCUT2D eigenvalue weighted by Crippen LogP contribution is -2.06. The molecular formula is C16H11Cl2NOS. The maximum atomic E-state index is 12.1. The first-order chi connectivity index (χ1) is 10.1. The zero-order chi connectivity index (χ0) is 14.8. The summed E-state index contributed by atoms with van der Waals surface area (Å²) in [4.78, 5) is 16.6. The summed E-state index contributed by atoms with van der Waals surface area (Å²) in [7, 11) is 0. The predicted octanol–water partition coefficient (Wildman–Crippen LogP) is 4.96. The average molecular weight is 336 g/mol. The number of nitrogens with zero attached hydrogens (tertiary/aromatic N) is 1. The van der Waals surface area contributed by atoms with Gasteiger partial charge in [0.2, 0.25) is 0 Å². The lowest BCUT2D eigenvalue weighted by atomic mass is 10.1. The van der Waals surface area contributed by atoms with Crippen molar-refractivity contribution >= 4 is 50.5 Å². The molecule has 2 aromatic carbocycles. The molecule has 3 rings (SSSR count). The van der Waals surface area contributed by atoms with Crippen molar-refractivity contribution in [3.05, 3.63) is 63.1 Å². The summed E-state index contributed by atoms with van der Waals surface area (Å²) in [5.74, 6) is 0.118. The third-order valence-electron chi connectivity index (χ3n) is 3.07. The second-order valence-corrected chi connectivity index (χ2v) is 6.65. The number of rotatable bonds is 4. The van der Waals surface area contributed by atoms with Gasteiger partial charge < -0.3 is 0 Å². The zero-order valence-electron chi connectivity index (χ0n) is 11.0. The lowest BCUT2D eigenvalue weighted by molar-refractivity contribution is -0.117. The van der Waals surface area contributed by atoms with Crippen LogP contribution in [0.15, 0.2) is 42.5 Å². The van der Waals surface area contributed by atoms with Crippen LogP contribution in [0, 0.1) is 0 Å². The van der Waals surface area contributed by atoms with Crippen LogP contribution in [0.4, 0.5) is 0 Å². The predicted molar refractivity (Wildman–Crippen MR) is 88.5 cm³/mol. The van der Waals surface area contributed by atoms with Gasteiger partial charge in [0, 0.05) is 6.42 Å². The average Bonchev–Trinajstić information content (AvgIpc) is 2.84. The molecule has 0 N–H and O–H groups in total. The fourth-order valence-corrected chi connectivity index (χ4v) is 3.42. The molecule has 0 amide bonds. The molecule has 0 aliphatic heterocycles. The van der Waals surface area contributed by atoms with Crippen LogP contribution in [0.2, 0.25) is 10.0 Å². The molecule has 0 aliphatic carbocycles. The van der Waals surface area contributed by atoms with Gasteiger partial charge in [-0.1, -0.05) is 41.4 Å². The van der Waals surface area contributed by atoms with Crippen LogP contribution in [-0.4, -0.2) is 10.8 Å². The summed E-state index contributed by atoms with van der Waals surface area (Å²) < 4.78 is 1.11. The van der Waals surface area contributed by atoms with E-state index in [-0.39, 0.29) is 5.78 Å². The Morgan fingerprint density at radius 2 is 1.86 bits per heavy atom. The van der Waals surface area contributed by atoms with Crippen molar-refractivity contribution in [3.63, 3.8) is 0 Å². The fraction of sp³-hybridized carbons (Fsp3) is 0.125. The second kappa shape index (κ2) is 6.14. The van der Waals surface area contributed by atoms with Crippen LogP contribution in [0.5, 0.6) is 0 Å². The first-order valence-electron chi connectivity index (χ1n) is 6.42. The van der Waals surface area contributed by atoms with E-state index in [1.165, 1.54) is 0 Å². The smallest absolute Gasteiger partial charge is 0.144 e. The van der Waals surface area contributed by atoms with E-state index in [9.17, 15) is 4.79 Å². The molecule has 21 heavy (non-hydrogen) atoms. The number of ketones is 1. The van der Waals surface area contributed by atoms with Crippen molar-refractivity contribution in [1.29, 1.82) is 0 Å². The Balaban J connectivity index is 1.72. The highest BCUT2D eigenvalue weighted by molar-refractivity contribution is 7.18. The molecule has 0 spiro atoms. The Morgan fingerprint density at radius 3 is 2.62 bits per heavy atom. The third kappa shape index (κ3) is 3.43. The van der Waals surface area contributed by atoms with Gasteiger partial charge in [0.05, 0.1) is 26.7 Å². The Kier molecular flexibility index (Phi) is 4.24. The van der Waals surface area contributed by atoms with Crippen molar-refractivity contribution in [2.24, 2.45) is 0 Å². The summed E-state index contributed by atoms with van der Waals surface area (Å²) in [6, 6.07) is 13.2. The van der Waals surface area contributed by atoms with E-state index in [0.29, 0.717) is 22.9 Å². The van der Waals surface area contributed by atoms with E-state index in [4.69, 9.17) is 23.2 Å². The summed E-state index contributed by atoms with van der Waals surface area (Å²) in [6.45, 7) is 0. The van der Waals surface area contributed by atoms with E-state index in [1.807, 2.05) is 30.3 Å². The van der Waals surface area contributed by atoms with E-state index in [1.54, 1.807) is 23.5 Å². The number of halogens is 2. The molecule has 1 aromatic heterocycles. The Morgan fingerprint density at radius 1 is 1.05 bits per heavy atom.